The van der Waals surface area contributed by atoms with Crippen LogP contribution in [0, 0.1) is 4.77 Å². The van der Waals surface area contributed by atoms with Crippen molar-refractivity contribution in [2.75, 3.05) is 19.8 Å². The number of nitrogens with zero attached hydrogens (tertiary/aromatic N) is 1. The zero-order chi connectivity index (χ0) is 17.5. The summed E-state index contributed by atoms with van der Waals surface area (Å²) in [6, 6.07) is 4.91. The zero-order valence-electron chi connectivity index (χ0n) is 13.6. The van der Waals surface area contributed by atoms with Gasteiger partial charge in [-0.15, -0.1) is 6.58 Å². The fourth-order valence-corrected chi connectivity index (χ4v) is 2.58. The maximum atomic E-state index is 12.4. The van der Waals surface area contributed by atoms with Gasteiger partial charge >= 0.3 is 0 Å². The predicted octanol–water partition coefficient (Wildman–Crippen LogP) is 2.40. The first-order chi connectivity index (χ1) is 11.6. The van der Waals surface area contributed by atoms with Gasteiger partial charge in [0.15, 0.2) is 4.77 Å². The second-order valence-corrected chi connectivity index (χ2v) is 5.59. The molecule has 24 heavy (non-hydrogen) atoms. The van der Waals surface area contributed by atoms with E-state index in [2.05, 4.69) is 16.9 Å². The van der Waals surface area contributed by atoms with Crippen LogP contribution < -0.4 is 10.9 Å². The van der Waals surface area contributed by atoms with E-state index in [1.165, 1.54) is 4.57 Å². The number of hydrogen-bond donors (Lipinski definition) is 2. The van der Waals surface area contributed by atoms with Crippen molar-refractivity contribution < 1.29 is 9.53 Å². The summed E-state index contributed by atoms with van der Waals surface area (Å²) >= 11 is 5.20. The first-order valence-corrected chi connectivity index (χ1v) is 8.23. The number of allylic oxidation sites excluding steroid dienone is 1. The summed E-state index contributed by atoms with van der Waals surface area (Å²) < 4.78 is 6.96. The van der Waals surface area contributed by atoms with Crippen molar-refractivity contribution in [2.24, 2.45) is 0 Å². The molecule has 0 saturated heterocycles. The predicted molar refractivity (Wildman–Crippen MR) is 97.0 cm³/mol. The van der Waals surface area contributed by atoms with Crippen molar-refractivity contribution in [3.05, 3.63) is 51.5 Å². The van der Waals surface area contributed by atoms with Crippen LogP contribution in [0.1, 0.15) is 23.7 Å². The molecular weight excluding hydrogens is 326 g/mol. The van der Waals surface area contributed by atoms with Gasteiger partial charge in [0.25, 0.3) is 11.5 Å². The van der Waals surface area contributed by atoms with E-state index in [0.717, 1.165) is 6.42 Å². The van der Waals surface area contributed by atoms with Crippen LogP contribution in [0.15, 0.2) is 35.6 Å². The average molecular weight is 347 g/mol. The van der Waals surface area contributed by atoms with Crippen molar-refractivity contribution in [1.82, 2.24) is 14.9 Å². The molecule has 0 saturated carbocycles. The number of rotatable bonds is 8. The number of nitrogens with one attached hydrogen (secondary N) is 2. The van der Waals surface area contributed by atoms with Gasteiger partial charge in [0.1, 0.15) is 0 Å². The van der Waals surface area contributed by atoms with E-state index in [4.69, 9.17) is 17.0 Å². The summed E-state index contributed by atoms with van der Waals surface area (Å²) in [6.45, 7) is 7.71. The molecule has 0 unspecified atom stereocenters. The molecule has 128 valence electrons. The molecule has 2 rings (SSSR count). The van der Waals surface area contributed by atoms with E-state index in [9.17, 15) is 9.59 Å². The Morgan fingerprint density at radius 2 is 2.29 bits per heavy atom. The molecule has 0 radical (unpaired) electrons. The fourth-order valence-electron chi connectivity index (χ4n) is 2.31. The molecule has 1 aromatic carbocycles. The van der Waals surface area contributed by atoms with Crippen LogP contribution >= 0.6 is 12.2 Å². The molecule has 0 atom stereocenters. The van der Waals surface area contributed by atoms with E-state index in [1.807, 2.05) is 6.92 Å². The van der Waals surface area contributed by atoms with E-state index >= 15 is 0 Å². The molecule has 2 N–H and O–H groups in total. The minimum Gasteiger partial charge on any atom is -0.382 e. The van der Waals surface area contributed by atoms with Gasteiger partial charge in [-0.05, 0) is 43.8 Å². The Hall–Kier alpha value is -2.25. The summed E-state index contributed by atoms with van der Waals surface area (Å²) in [5.74, 6) is -0.192. The number of ether oxygens (including phenoxy) is 1. The first kappa shape index (κ1) is 18.1. The van der Waals surface area contributed by atoms with E-state index in [0.29, 0.717) is 47.5 Å². The van der Waals surface area contributed by atoms with Crippen LogP contribution in [0.4, 0.5) is 0 Å². The molecule has 7 heteroatoms. The number of H-pyrrole nitrogens is 1. The minimum atomic E-state index is -0.197. The van der Waals surface area contributed by atoms with Gasteiger partial charge < -0.3 is 15.0 Å². The average Bonchev–Trinajstić information content (AvgIpc) is 2.57. The summed E-state index contributed by atoms with van der Waals surface area (Å²) in [6.07, 6.45) is 2.36. The Morgan fingerprint density at radius 3 is 3.00 bits per heavy atom. The Morgan fingerprint density at radius 1 is 1.50 bits per heavy atom. The fraction of sp³-hybridized carbons (Fsp3) is 0.353. The highest BCUT2D eigenvalue weighted by molar-refractivity contribution is 7.71. The molecular formula is C17H21N3O3S. The van der Waals surface area contributed by atoms with Crippen molar-refractivity contribution >= 4 is 29.0 Å². The summed E-state index contributed by atoms with van der Waals surface area (Å²) in [5, 5.41) is 3.31. The number of hydrogen-bond acceptors (Lipinski definition) is 4. The highest BCUT2D eigenvalue weighted by Gasteiger charge is 2.09. The highest BCUT2D eigenvalue weighted by atomic mass is 32.1. The van der Waals surface area contributed by atoms with Gasteiger partial charge in [-0.25, -0.2) is 0 Å². The molecule has 1 heterocycles. The lowest BCUT2D eigenvalue weighted by Crippen LogP contribution is -2.26. The molecule has 6 nitrogen and oxygen atoms in total. The number of amides is 1. The number of carbonyl (C=O) groups is 1. The second kappa shape index (κ2) is 8.56. The van der Waals surface area contributed by atoms with Crippen LogP contribution in [0.3, 0.4) is 0 Å². The number of carbonyl (C=O) groups excluding carboxylic acids is 1. The van der Waals surface area contributed by atoms with Crippen molar-refractivity contribution in [3.63, 3.8) is 0 Å². The van der Waals surface area contributed by atoms with Crippen LogP contribution in [0.25, 0.3) is 10.9 Å². The second-order valence-electron chi connectivity index (χ2n) is 5.20. The van der Waals surface area contributed by atoms with E-state index < -0.39 is 0 Å². The third kappa shape index (κ3) is 4.18. The molecule has 0 aliphatic carbocycles. The van der Waals surface area contributed by atoms with Gasteiger partial charge in [0.05, 0.1) is 10.9 Å². The summed E-state index contributed by atoms with van der Waals surface area (Å²) in [5.41, 5.74) is 0.829. The lowest BCUT2D eigenvalue weighted by atomic mass is 10.1. The highest BCUT2D eigenvalue weighted by Crippen LogP contribution is 2.11. The Kier molecular flexibility index (Phi) is 6.45. The van der Waals surface area contributed by atoms with Gasteiger partial charge in [0.2, 0.25) is 0 Å². The Labute approximate surface area is 145 Å². The zero-order valence-corrected chi connectivity index (χ0v) is 14.4. The van der Waals surface area contributed by atoms with Crippen molar-refractivity contribution in [1.29, 1.82) is 0 Å². The molecule has 0 fully saturated rings. The van der Waals surface area contributed by atoms with Crippen LogP contribution in [0.5, 0.6) is 0 Å². The standard InChI is InChI=1S/C17H21N3O3S/c1-3-9-20-16(22)13-7-6-12(11-14(13)19-17(20)24)15(21)18-8-5-10-23-4-2/h3,6-7,11H,1,4-5,8-10H2,2H3,(H,18,21)(H,19,24). The van der Waals surface area contributed by atoms with Gasteiger partial charge in [-0.1, -0.05) is 6.08 Å². The molecule has 0 spiro atoms. The van der Waals surface area contributed by atoms with Crippen LogP contribution in [-0.4, -0.2) is 35.2 Å². The number of benzene rings is 1. The molecule has 0 aliphatic rings. The summed E-state index contributed by atoms with van der Waals surface area (Å²) in [7, 11) is 0. The number of aromatic amines is 1. The van der Waals surface area contributed by atoms with Crippen LogP contribution in [0.2, 0.25) is 0 Å². The summed E-state index contributed by atoms with van der Waals surface area (Å²) in [4.78, 5) is 27.6. The lowest BCUT2D eigenvalue weighted by molar-refractivity contribution is 0.0944. The molecule has 1 amide bonds. The third-order valence-corrected chi connectivity index (χ3v) is 3.83. The van der Waals surface area contributed by atoms with E-state index in [-0.39, 0.29) is 11.5 Å². The monoisotopic (exact) mass is 347 g/mol. The van der Waals surface area contributed by atoms with Gasteiger partial charge in [0, 0.05) is 31.9 Å². The molecule has 0 aliphatic heterocycles. The Balaban J connectivity index is 2.21. The van der Waals surface area contributed by atoms with Crippen molar-refractivity contribution in [3.8, 4) is 0 Å². The van der Waals surface area contributed by atoms with Gasteiger partial charge in [-0.3, -0.25) is 14.2 Å². The maximum absolute atomic E-state index is 12.4. The number of fused-ring (bicyclic) bond motifs is 1. The lowest BCUT2D eigenvalue weighted by Gasteiger charge is -2.08. The largest absolute Gasteiger partial charge is 0.382 e. The first-order valence-electron chi connectivity index (χ1n) is 7.82. The Bertz CT molecular complexity index is 854. The smallest absolute Gasteiger partial charge is 0.262 e. The topological polar surface area (TPSA) is 76.1 Å². The number of aromatic nitrogens is 2. The van der Waals surface area contributed by atoms with Crippen molar-refractivity contribution in [2.45, 2.75) is 19.9 Å². The third-order valence-electron chi connectivity index (χ3n) is 3.51. The minimum absolute atomic E-state index is 0.192. The molecule has 2 aromatic rings. The van der Waals surface area contributed by atoms with E-state index in [1.54, 1.807) is 24.3 Å². The van der Waals surface area contributed by atoms with Gasteiger partial charge in [-0.2, -0.15) is 0 Å². The quantitative estimate of drug-likeness (QED) is 0.437. The molecule has 0 bridgehead atoms. The normalized spacial score (nSPS) is 10.7. The van der Waals surface area contributed by atoms with Crippen LogP contribution in [-0.2, 0) is 11.3 Å². The SMILES string of the molecule is C=CCn1c(=S)[nH]c2cc(C(=O)NCCCOCC)ccc2c1=O. The molecule has 1 aromatic heterocycles. The maximum Gasteiger partial charge on any atom is 0.262 e.